The molecule has 0 saturated heterocycles. The maximum atomic E-state index is 6.20. The largest absolute Gasteiger partial charge is 0.343 e. The summed E-state index contributed by atoms with van der Waals surface area (Å²) in [5, 5.41) is 3.64. The second-order valence-electron chi connectivity index (χ2n) is 4.15. The fourth-order valence-electron chi connectivity index (χ4n) is 1.99. The molecule has 0 spiro atoms. The number of rotatable bonds is 3. The Morgan fingerprint density at radius 2 is 2.32 bits per heavy atom. The fraction of sp³-hybridized carbons (Fsp3) is 0.250. The van der Waals surface area contributed by atoms with E-state index in [4.69, 9.17) is 16.1 Å². The van der Waals surface area contributed by atoms with Gasteiger partial charge in [0.1, 0.15) is 5.82 Å². The SMILES string of the molecule is CC(Cl)c1nc2ccc(Br)cc2n1Cc1ncon1. The molecule has 1 atom stereocenters. The molecule has 0 fully saturated rings. The van der Waals surface area contributed by atoms with Crippen LogP contribution in [0.3, 0.4) is 0 Å². The van der Waals surface area contributed by atoms with Crippen molar-refractivity contribution in [3.05, 3.63) is 40.7 Å². The molecule has 5 nitrogen and oxygen atoms in total. The smallest absolute Gasteiger partial charge is 0.213 e. The average Bonchev–Trinajstić information content (AvgIpc) is 2.98. The van der Waals surface area contributed by atoms with Crippen LogP contribution in [0.4, 0.5) is 0 Å². The van der Waals surface area contributed by atoms with Crippen molar-refractivity contribution >= 4 is 38.6 Å². The maximum absolute atomic E-state index is 6.20. The Morgan fingerprint density at radius 3 is 3.00 bits per heavy atom. The second-order valence-corrected chi connectivity index (χ2v) is 5.72. The van der Waals surface area contributed by atoms with Crippen LogP contribution in [0.25, 0.3) is 11.0 Å². The minimum atomic E-state index is -0.196. The van der Waals surface area contributed by atoms with E-state index in [1.165, 1.54) is 6.39 Å². The van der Waals surface area contributed by atoms with Gasteiger partial charge < -0.3 is 9.09 Å². The molecule has 0 amide bonds. The molecular weight excluding hydrogens is 332 g/mol. The summed E-state index contributed by atoms with van der Waals surface area (Å²) in [6.45, 7) is 2.38. The van der Waals surface area contributed by atoms with Crippen LogP contribution in [0.5, 0.6) is 0 Å². The highest BCUT2D eigenvalue weighted by Crippen LogP contribution is 2.27. The molecule has 1 aromatic carbocycles. The molecule has 19 heavy (non-hydrogen) atoms. The van der Waals surface area contributed by atoms with Crippen molar-refractivity contribution in [2.75, 3.05) is 0 Å². The van der Waals surface area contributed by atoms with Gasteiger partial charge in [-0.2, -0.15) is 4.98 Å². The number of hydrogen-bond donors (Lipinski definition) is 0. The molecule has 0 N–H and O–H groups in total. The monoisotopic (exact) mass is 340 g/mol. The van der Waals surface area contributed by atoms with Crippen LogP contribution in [0.15, 0.2) is 33.6 Å². The molecule has 0 aliphatic carbocycles. The first-order chi connectivity index (χ1) is 9.15. The van der Waals surface area contributed by atoms with Crippen LogP contribution in [0.2, 0.25) is 0 Å². The molecule has 0 aliphatic heterocycles. The molecule has 3 rings (SSSR count). The van der Waals surface area contributed by atoms with Gasteiger partial charge in [0.15, 0.2) is 5.82 Å². The van der Waals surface area contributed by atoms with Gasteiger partial charge in [0.25, 0.3) is 0 Å². The van der Waals surface area contributed by atoms with Crippen molar-refractivity contribution in [3.8, 4) is 0 Å². The van der Waals surface area contributed by atoms with Gasteiger partial charge in [-0.25, -0.2) is 4.98 Å². The number of benzene rings is 1. The first-order valence-corrected chi connectivity index (χ1v) is 6.93. The van der Waals surface area contributed by atoms with Crippen molar-refractivity contribution in [2.24, 2.45) is 0 Å². The Labute approximate surface area is 122 Å². The summed E-state index contributed by atoms with van der Waals surface area (Å²) in [5.74, 6) is 1.39. The van der Waals surface area contributed by atoms with Gasteiger partial charge >= 0.3 is 0 Å². The van der Waals surface area contributed by atoms with Crippen molar-refractivity contribution in [1.29, 1.82) is 0 Å². The molecular formula is C12H10BrClN4O. The lowest BCUT2D eigenvalue weighted by atomic mass is 10.3. The van der Waals surface area contributed by atoms with Crippen LogP contribution in [0, 0.1) is 0 Å². The van der Waals surface area contributed by atoms with Gasteiger partial charge in [0.2, 0.25) is 6.39 Å². The normalized spacial score (nSPS) is 13.0. The summed E-state index contributed by atoms with van der Waals surface area (Å²) in [7, 11) is 0. The van der Waals surface area contributed by atoms with E-state index < -0.39 is 0 Å². The zero-order chi connectivity index (χ0) is 13.4. The minimum absolute atomic E-state index is 0.196. The Hall–Kier alpha value is -1.40. The zero-order valence-corrected chi connectivity index (χ0v) is 12.4. The van der Waals surface area contributed by atoms with Crippen LogP contribution in [-0.2, 0) is 6.54 Å². The summed E-state index contributed by atoms with van der Waals surface area (Å²) in [4.78, 5) is 8.60. The van der Waals surface area contributed by atoms with E-state index in [9.17, 15) is 0 Å². The van der Waals surface area contributed by atoms with Crippen LogP contribution >= 0.6 is 27.5 Å². The molecule has 2 heterocycles. The van der Waals surface area contributed by atoms with Crippen molar-refractivity contribution in [3.63, 3.8) is 0 Å². The Balaban J connectivity index is 2.18. The highest BCUT2D eigenvalue weighted by atomic mass is 79.9. The first-order valence-electron chi connectivity index (χ1n) is 5.70. The first kappa shape index (κ1) is 12.6. The quantitative estimate of drug-likeness (QED) is 0.684. The lowest BCUT2D eigenvalue weighted by Gasteiger charge is -2.08. The van der Waals surface area contributed by atoms with Gasteiger partial charge in [-0.3, -0.25) is 0 Å². The molecule has 2 aromatic heterocycles. The number of imidazole rings is 1. The highest BCUT2D eigenvalue weighted by Gasteiger charge is 2.16. The molecule has 1 unspecified atom stereocenters. The minimum Gasteiger partial charge on any atom is -0.343 e. The molecule has 0 bridgehead atoms. The van der Waals surface area contributed by atoms with Crippen molar-refractivity contribution in [2.45, 2.75) is 18.8 Å². The number of hydrogen-bond acceptors (Lipinski definition) is 4. The highest BCUT2D eigenvalue weighted by molar-refractivity contribution is 9.10. The summed E-state index contributed by atoms with van der Waals surface area (Å²) in [5.41, 5.74) is 1.89. The number of halogens is 2. The standard InChI is InChI=1S/C12H10BrClN4O/c1-7(14)12-16-9-3-2-8(13)4-10(9)18(12)5-11-15-6-19-17-11/h2-4,6-7H,5H2,1H3. The maximum Gasteiger partial charge on any atom is 0.213 e. The molecule has 0 saturated carbocycles. The number of fused-ring (bicyclic) bond motifs is 1. The fourth-order valence-corrected chi connectivity index (χ4v) is 2.50. The number of nitrogens with zero attached hydrogens (tertiary/aromatic N) is 4. The van der Waals surface area contributed by atoms with Crippen molar-refractivity contribution < 1.29 is 4.52 Å². The predicted molar refractivity (Wildman–Crippen MR) is 75.1 cm³/mol. The summed E-state index contributed by atoms with van der Waals surface area (Å²) in [6.07, 6.45) is 1.31. The summed E-state index contributed by atoms with van der Waals surface area (Å²) in [6, 6.07) is 5.91. The average molecular weight is 342 g/mol. The van der Waals surface area contributed by atoms with E-state index >= 15 is 0 Å². The van der Waals surface area contributed by atoms with Gasteiger partial charge in [-0.05, 0) is 25.1 Å². The number of aromatic nitrogens is 4. The topological polar surface area (TPSA) is 56.7 Å². The van der Waals surface area contributed by atoms with Gasteiger partial charge in [0, 0.05) is 4.47 Å². The molecule has 3 aromatic rings. The third kappa shape index (κ3) is 2.37. The van der Waals surface area contributed by atoms with Gasteiger partial charge in [-0.1, -0.05) is 21.1 Å². The lowest BCUT2D eigenvalue weighted by Crippen LogP contribution is -2.07. The van der Waals surface area contributed by atoms with Crippen LogP contribution in [-0.4, -0.2) is 19.7 Å². The molecule has 98 valence electrons. The Morgan fingerprint density at radius 1 is 1.47 bits per heavy atom. The summed E-state index contributed by atoms with van der Waals surface area (Å²) < 4.78 is 7.75. The predicted octanol–water partition coefficient (Wildman–Crippen LogP) is 3.53. The van der Waals surface area contributed by atoms with E-state index in [-0.39, 0.29) is 5.38 Å². The zero-order valence-electron chi connectivity index (χ0n) is 10.0. The molecule has 7 heteroatoms. The van der Waals surface area contributed by atoms with Crippen LogP contribution in [0.1, 0.15) is 23.9 Å². The van der Waals surface area contributed by atoms with Gasteiger partial charge in [0.05, 0.1) is 23.0 Å². The third-order valence-electron chi connectivity index (χ3n) is 2.80. The van der Waals surface area contributed by atoms with E-state index in [0.29, 0.717) is 12.4 Å². The molecule has 0 radical (unpaired) electrons. The lowest BCUT2D eigenvalue weighted by molar-refractivity contribution is 0.408. The third-order valence-corrected chi connectivity index (χ3v) is 3.49. The Kier molecular flexibility index (Phi) is 3.28. The van der Waals surface area contributed by atoms with E-state index in [0.717, 1.165) is 21.3 Å². The van der Waals surface area contributed by atoms with Crippen molar-refractivity contribution in [1.82, 2.24) is 19.7 Å². The number of alkyl halides is 1. The second kappa shape index (κ2) is 4.94. The van der Waals surface area contributed by atoms with E-state index in [2.05, 4.69) is 31.1 Å². The van der Waals surface area contributed by atoms with Gasteiger partial charge in [-0.15, -0.1) is 11.6 Å². The summed E-state index contributed by atoms with van der Waals surface area (Å²) >= 11 is 9.67. The van der Waals surface area contributed by atoms with Crippen LogP contribution < -0.4 is 0 Å². The van der Waals surface area contributed by atoms with E-state index in [1.807, 2.05) is 29.7 Å². The van der Waals surface area contributed by atoms with E-state index in [1.54, 1.807) is 0 Å². The molecule has 0 aliphatic rings. The Bertz CT molecular complexity index is 708.